The Labute approximate surface area is 121 Å². The lowest BCUT2D eigenvalue weighted by Gasteiger charge is -2.24. The minimum atomic E-state index is -4.50. The Morgan fingerprint density at radius 1 is 1.33 bits per heavy atom. The molecule has 0 unspecified atom stereocenters. The summed E-state index contributed by atoms with van der Waals surface area (Å²) in [4.78, 5) is 12.9. The molecule has 4 nitrogen and oxygen atoms in total. The van der Waals surface area contributed by atoms with Crippen LogP contribution in [0.4, 0.5) is 18.9 Å². The third-order valence-electron chi connectivity index (χ3n) is 2.75. The molecule has 1 aromatic carbocycles. The number of aliphatic hydroxyl groups is 1. The molecular weight excluding hydrogens is 285 g/mol. The van der Waals surface area contributed by atoms with Gasteiger partial charge in [0.1, 0.15) is 6.54 Å². The number of amides is 1. The maximum absolute atomic E-state index is 12.5. The van der Waals surface area contributed by atoms with E-state index >= 15 is 0 Å². The van der Waals surface area contributed by atoms with Gasteiger partial charge in [-0.05, 0) is 18.6 Å². The van der Waals surface area contributed by atoms with Crippen LogP contribution in [0.25, 0.3) is 0 Å². The fourth-order valence-corrected chi connectivity index (χ4v) is 1.84. The van der Waals surface area contributed by atoms with Crippen molar-refractivity contribution in [2.24, 2.45) is 0 Å². The highest BCUT2D eigenvalue weighted by atomic mass is 19.4. The maximum atomic E-state index is 12.5. The molecule has 1 rings (SSSR count). The van der Waals surface area contributed by atoms with Gasteiger partial charge in [0.25, 0.3) is 5.91 Å². The van der Waals surface area contributed by atoms with Gasteiger partial charge in [-0.3, -0.25) is 4.79 Å². The highest BCUT2D eigenvalue weighted by molar-refractivity contribution is 5.99. The monoisotopic (exact) mass is 304 g/mol. The van der Waals surface area contributed by atoms with Crippen molar-refractivity contribution >= 4 is 11.6 Å². The van der Waals surface area contributed by atoms with Gasteiger partial charge in [-0.1, -0.05) is 19.1 Å². The fraction of sp³-hybridized carbons (Fsp3) is 0.500. The highest BCUT2D eigenvalue weighted by Crippen LogP contribution is 2.21. The molecular formula is C14H19F3N2O2. The zero-order chi connectivity index (χ0) is 15.9. The summed E-state index contributed by atoms with van der Waals surface area (Å²) >= 11 is 0. The van der Waals surface area contributed by atoms with Crippen LogP contribution in [-0.4, -0.2) is 48.3 Å². The van der Waals surface area contributed by atoms with Crippen molar-refractivity contribution in [2.45, 2.75) is 19.5 Å². The van der Waals surface area contributed by atoms with Crippen LogP contribution >= 0.6 is 0 Å². The summed E-state index contributed by atoms with van der Waals surface area (Å²) in [5, 5.41) is 11.9. The van der Waals surface area contributed by atoms with Crippen molar-refractivity contribution in [1.82, 2.24) is 4.90 Å². The van der Waals surface area contributed by atoms with Crippen molar-refractivity contribution in [2.75, 3.05) is 31.6 Å². The van der Waals surface area contributed by atoms with Gasteiger partial charge in [0.05, 0.1) is 12.2 Å². The smallest absolute Gasteiger partial charge is 0.395 e. The molecule has 0 aliphatic rings. The molecule has 0 radical (unpaired) electrons. The van der Waals surface area contributed by atoms with Crippen molar-refractivity contribution in [3.8, 4) is 0 Å². The summed E-state index contributed by atoms with van der Waals surface area (Å²) in [5.41, 5.74) is 0.665. The number of alkyl halides is 3. The van der Waals surface area contributed by atoms with E-state index in [1.165, 1.54) is 6.07 Å². The van der Waals surface area contributed by atoms with E-state index in [2.05, 4.69) is 5.32 Å². The van der Waals surface area contributed by atoms with E-state index < -0.39 is 25.2 Å². The molecule has 0 saturated carbocycles. The summed E-state index contributed by atoms with van der Waals surface area (Å²) in [6, 6.07) is 6.42. The molecule has 2 N–H and O–H groups in total. The Morgan fingerprint density at radius 2 is 2.00 bits per heavy atom. The number of aliphatic hydroxyl groups excluding tert-OH is 1. The number of nitrogens with one attached hydrogen (secondary N) is 1. The zero-order valence-electron chi connectivity index (χ0n) is 11.8. The van der Waals surface area contributed by atoms with Crippen LogP contribution in [0.15, 0.2) is 24.3 Å². The van der Waals surface area contributed by atoms with Crippen molar-refractivity contribution in [3.05, 3.63) is 29.8 Å². The van der Waals surface area contributed by atoms with Crippen LogP contribution < -0.4 is 5.32 Å². The minimum Gasteiger partial charge on any atom is -0.395 e. The molecule has 0 heterocycles. The predicted octanol–water partition coefficient (Wildman–Crippen LogP) is 2.51. The van der Waals surface area contributed by atoms with Crippen molar-refractivity contribution in [1.29, 1.82) is 0 Å². The number of nitrogens with zero attached hydrogens (tertiary/aromatic N) is 1. The van der Waals surface area contributed by atoms with E-state index in [-0.39, 0.29) is 12.1 Å². The molecule has 21 heavy (non-hydrogen) atoms. The molecule has 0 aliphatic carbocycles. The van der Waals surface area contributed by atoms with E-state index in [4.69, 9.17) is 5.11 Å². The van der Waals surface area contributed by atoms with E-state index in [0.717, 1.165) is 6.42 Å². The number of hydrogen-bond acceptors (Lipinski definition) is 3. The lowest BCUT2D eigenvalue weighted by atomic mass is 10.1. The average molecular weight is 304 g/mol. The third kappa shape index (κ3) is 5.63. The summed E-state index contributed by atoms with van der Waals surface area (Å²) in [6.07, 6.45) is -3.68. The first-order valence-corrected chi connectivity index (χ1v) is 6.68. The molecule has 0 fully saturated rings. The first-order valence-electron chi connectivity index (χ1n) is 6.68. The highest BCUT2D eigenvalue weighted by Gasteiger charge is 2.33. The number of rotatable bonds is 7. The summed E-state index contributed by atoms with van der Waals surface area (Å²) in [7, 11) is 0. The second-order valence-electron chi connectivity index (χ2n) is 4.54. The van der Waals surface area contributed by atoms with E-state index in [1.54, 1.807) is 18.2 Å². The SMILES string of the molecule is CCCNc1ccccc1C(=O)N(CCO)CC(F)(F)F. The number of anilines is 1. The first-order chi connectivity index (χ1) is 9.89. The Hall–Kier alpha value is -1.76. The van der Waals surface area contributed by atoms with Gasteiger partial charge in [-0.15, -0.1) is 0 Å². The van der Waals surface area contributed by atoms with Gasteiger partial charge >= 0.3 is 6.18 Å². The van der Waals surface area contributed by atoms with Crippen LogP contribution in [0.2, 0.25) is 0 Å². The standard InChI is InChI=1S/C14H19F3N2O2/c1-2-7-18-12-6-4-3-5-11(12)13(21)19(8-9-20)10-14(15,16)17/h3-6,18,20H,2,7-10H2,1H3. The van der Waals surface area contributed by atoms with Gasteiger partial charge in [0, 0.05) is 18.8 Å². The average Bonchev–Trinajstić information content (AvgIpc) is 2.43. The summed E-state index contributed by atoms with van der Waals surface area (Å²) < 4.78 is 37.6. The number of carbonyl (C=O) groups excluding carboxylic acids is 1. The molecule has 0 spiro atoms. The molecule has 0 saturated heterocycles. The van der Waals surface area contributed by atoms with Gasteiger partial charge in [0.15, 0.2) is 0 Å². The third-order valence-corrected chi connectivity index (χ3v) is 2.75. The van der Waals surface area contributed by atoms with Gasteiger partial charge in [-0.25, -0.2) is 0 Å². The van der Waals surface area contributed by atoms with Crippen molar-refractivity contribution in [3.63, 3.8) is 0 Å². The van der Waals surface area contributed by atoms with Crippen LogP contribution in [0.1, 0.15) is 23.7 Å². The number of carbonyl (C=O) groups is 1. The summed E-state index contributed by atoms with van der Waals surface area (Å²) in [6.45, 7) is 0.296. The maximum Gasteiger partial charge on any atom is 0.406 e. The van der Waals surface area contributed by atoms with Crippen LogP contribution in [0.5, 0.6) is 0 Å². The van der Waals surface area contributed by atoms with Crippen LogP contribution in [0, 0.1) is 0 Å². The largest absolute Gasteiger partial charge is 0.406 e. The predicted molar refractivity (Wildman–Crippen MR) is 74.3 cm³/mol. The number of hydrogen-bond donors (Lipinski definition) is 2. The lowest BCUT2D eigenvalue weighted by molar-refractivity contribution is -0.141. The van der Waals surface area contributed by atoms with Gasteiger partial charge < -0.3 is 15.3 Å². The quantitative estimate of drug-likeness (QED) is 0.814. The fourth-order valence-electron chi connectivity index (χ4n) is 1.84. The Morgan fingerprint density at radius 3 is 2.57 bits per heavy atom. The second-order valence-corrected chi connectivity index (χ2v) is 4.54. The van der Waals surface area contributed by atoms with E-state index in [0.29, 0.717) is 17.1 Å². The van der Waals surface area contributed by atoms with Gasteiger partial charge in [-0.2, -0.15) is 13.2 Å². The molecule has 1 amide bonds. The Bertz CT molecular complexity index is 464. The topological polar surface area (TPSA) is 52.6 Å². The molecule has 0 bridgehead atoms. The zero-order valence-corrected chi connectivity index (χ0v) is 11.8. The molecule has 0 aliphatic heterocycles. The van der Waals surface area contributed by atoms with Crippen LogP contribution in [-0.2, 0) is 0 Å². The molecule has 7 heteroatoms. The summed E-state index contributed by atoms with van der Waals surface area (Å²) in [5.74, 6) is -0.749. The molecule has 118 valence electrons. The Balaban J connectivity index is 2.97. The number of benzene rings is 1. The normalized spacial score (nSPS) is 11.3. The van der Waals surface area contributed by atoms with Crippen molar-refractivity contribution < 1.29 is 23.1 Å². The molecule has 1 aromatic rings. The second kappa shape index (κ2) is 7.87. The number of halogens is 3. The molecule has 0 aromatic heterocycles. The Kier molecular flexibility index (Phi) is 6.48. The van der Waals surface area contributed by atoms with Gasteiger partial charge in [0.2, 0.25) is 0 Å². The number of para-hydroxylation sites is 1. The minimum absolute atomic E-state index is 0.170. The van der Waals surface area contributed by atoms with E-state index in [9.17, 15) is 18.0 Å². The molecule has 0 atom stereocenters. The first kappa shape index (κ1) is 17.3. The van der Waals surface area contributed by atoms with Crippen LogP contribution in [0.3, 0.4) is 0 Å². The lowest BCUT2D eigenvalue weighted by Crippen LogP contribution is -2.40. The van der Waals surface area contributed by atoms with E-state index in [1.807, 2.05) is 6.92 Å².